The Morgan fingerprint density at radius 2 is 2.18 bits per heavy atom. The van der Waals surface area contributed by atoms with Crippen LogP contribution in [0.5, 0.6) is 0 Å². The molecule has 17 heavy (non-hydrogen) atoms. The van der Waals surface area contributed by atoms with Crippen LogP contribution in [0.2, 0.25) is 0 Å². The van der Waals surface area contributed by atoms with Crippen LogP contribution in [0.25, 0.3) is 0 Å². The topological polar surface area (TPSA) is 37.8 Å². The maximum absolute atomic E-state index is 4.45. The monoisotopic (exact) mass is 247 g/mol. The summed E-state index contributed by atoms with van der Waals surface area (Å²) >= 11 is 1.78. The molecule has 2 rings (SSSR count). The normalized spacial score (nSPS) is 10.7. The van der Waals surface area contributed by atoms with Gasteiger partial charge in [-0.2, -0.15) is 0 Å². The highest BCUT2D eigenvalue weighted by Crippen LogP contribution is 2.12. The molecular formula is C13H17N3S. The van der Waals surface area contributed by atoms with Gasteiger partial charge >= 0.3 is 0 Å². The highest BCUT2D eigenvalue weighted by atomic mass is 32.1. The molecule has 3 nitrogen and oxygen atoms in total. The third-order valence-electron chi connectivity index (χ3n) is 2.46. The van der Waals surface area contributed by atoms with Crippen molar-refractivity contribution >= 4 is 11.3 Å². The van der Waals surface area contributed by atoms with Crippen LogP contribution in [0.15, 0.2) is 24.4 Å². The van der Waals surface area contributed by atoms with Gasteiger partial charge in [-0.1, -0.05) is 13.0 Å². The minimum Gasteiger partial charge on any atom is -0.306 e. The summed E-state index contributed by atoms with van der Waals surface area (Å²) in [5.74, 6) is 0. The standard InChI is InChI=1S/C13H17N3S/c1-3-13-15-9-12(17-13)8-14-7-11-6-4-5-10(2)16-11/h4-6,9,14H,3,7-8H2,1-2H3. The lowest BCUT2D eigenvalue weighted by Gasteiger charge is -2.03. The van der Waals surface area contributed by atoms with Gasteiger partial charge in [0.15, 0.2) is 0 Å². The molecule has 0 aliphatic carbocycles. The zero-order valence-corrected chi connectivity index (χ0v) is 11.0. The predicted molar refractivity (Wildman–Crippen MR) is 71.0 cm³/mol. The van der Waals surface area contributed by atoms with E-state index in [2.05, 4.69) is 22.2 Å². The van der Waals surface area contributed by atoms with E-state index in [1.807, 2.05) is 31.3 Å². The Morgan fingerprint density at radius 3 is 2.88 bits per heavy atom. The van der Waals surface area contributed by atoms with Crippen molar-refractivity contribution in [3.8, 4) is 0 Å². The van der Waals surface area contributed by atoms with Crippen molar-refractivity contribution in [2.75, 3.05) is 0 Å². The number of pyridine rings is 1. The maximum atomic E-state index is 4.45. The van der Waals surface area contributed by atoms with E-state index >= 15 is 0 Å². The van der Waals surface area contributed by atoms with Crippen LogP contribution in [0.1, 0.15) is 28.2 Å². The first-order chi connectivity index (χ1) is 8.28. The summed E-state index contributed by atoms with van der Waals surface area (Å²) < 4.78 is 0. The van der Waals surface area contributed by atoms with Gasteiger partial charge in [0.1, 0.15) is 0 Å². The fraction of sp³-hybridized carbons (Fsp3) is 0.385. The van der Waals surface area contributed by atoms with Crippen molar-refractivity contribution in [2.45, 2.75) is 33.4 Å². The summed E-state index contributed by atoms with van der Waals surface area (Å²) in [5, 5.41) is 4.59. The largest absolute Gasteiger partial charge is 0.306 e. The molecule has 0 aliphatic rings. The summed E-state index contributed by atoms with van der Waals surface area (Å²) in [6, 6.07) is 6.10. The number of aromatic nitrogens is 2. The molecule has 0 saturated carbocycles. The molecule has 0 spiro atoms. The van der Waals surface area contributed by atoms with Gasteiger partial charge < -0.3 is 5.32 Å². The Hall–Kier alpha value is -1.26. The molecule has 0 atom stereocenters. The lowest BCUT2D eigenvalue weighted by atomic mass is 10.3. The summed E-state index contributed by atoms with van der Waals surface area (Å²) in [7, 11) is 0. The average Bonchev–Trinajstić information content (AvgIpc) is 2.77. The van der Waals surface area contributed by atoms with Crippen LogP contribution in [0.3, 0.4) is 0 Å². The third kappa shape index (κ3) is 3.61. The summed E-state index contributed by atoms with van der Waals surface area (Å²) in [6.07, 6.45) is 2.98. The molecule has 2 heterocycles. The number of nitrogens with zero attached hydrogens (tertiary/aromatic N) is 2. The Morgan fingerprint density at radius 1 is 1.29 bits per heavy atom. The first-order valence-corrected chi connectivity index (χ1v) is 6.66. The van der Waals surface area contributed by atoms with Crippen LogP contribution in [-0.2, 0) is 19.5 Å². The molecule has 2 aromatic heterocycles. The lowest BCUT2D eigenvalue weighted by Crippen LogP contribution is -2.13. The zero-order valence-electron chi connectivity index (χ0n) is 10.2. The van der Waals surface area contributed by atoms with Crippen molar-refractivity contribution < 1.29 is 0 Å². The average molecular weight is 247 g/mol. The molecule has 0 bridgehead atoms. The van der Waals surface area contributed by atoms with Gasteiger partial charge in [-0.05, 0) is 25.5 Å². The van der Waals surface area contributed by atoms with Gasteiger partial charge in [-0.3, -0.25) is 4.98 Å². The summed E-state index contributed by atoms with van der Waals surface area (Å²) in [5.41, 5.74) is 2.15. The smallest absolute Gasteiger partial charge is 0.0925 e. The van der Waals surface area contributed by atoms with Crippen molar-refractivity contribution in [1.29, 1.82) is 0 Å². The number of aryl methyl sites for hydroxylation is 2. The van der Waals surface area contributed by atoms with Crippen molar-refractivity contribution in [3.63, 3.8) is 0 Å². The second-order valence-corrected chi connectivity index (χ2v) is 5.15. The van der Waals surface area contributed by atoms with E-state index in [1.165, 1.54) is 9.88 Å². The van der Waals surface area contributed by atoms with Gasteiger partial charge in [-0.25, -0.2) is 4.98 Å². The van der Waals surface area contributed by atoms with E-state index in [4.69, 9.17) is 0 Å². The van der Waals surface area contributed by atoms with E-state index in [0.29, 0.717) is 0 Å². The fourth-order valence-electron chi connectivity index (χ4n) is 1.60. The first kappa shape index (κ1) is 12.2. The number of nitrogens with one attached hydrogen (secondary N) is 1. The van der Waals surface area contributed by atoms with Crippen LogP contribution >= 0.6 is 11.3 Å². The van der Waals surface area contributed by atoms with E-state index < -0.39 is 0 Å². The molecule has 4 heteroatoms. The number of rotatable bonds is 5. The van der Waals surface area contributed by atoms with Gasteiger partial charge in [0.25, 0.3) is 0 Å². The van der Waals surface area contributed by atoms with Gasteiger partial charge in [-0.15, -0.1) is 11.3 Å². The Labute approximate surface area is 106 Å². The molecule has 90 valence electrons. The van der Waals surface area contributed by atoms with Gasteiger partial charge in [0.2, 0.25) is 0 Å². The SMILES string of the molecule is CCc1ncc(CNCc2cccc(C)n2)s1. The van der Waals surface area contributed by atoms with E-state index in [1.54, 1.807) is 11.3 Å². The Balaban J connectivity index is 1.83. The number of hydrogen-bond acceptors (Lipinski definition) is 4. The second kappa shape index (κ2) is 5.89. The lowest BCUT2D eigenvalue weighted by molar-refractivity contribution is 0.684. The molecule has 2 aromatic rings. The molecule has 0 amide bonds. The zero-order chi connectivity index (χ0) is 12.1. The molecule has 0 radical (unpaired) electrons. The van der Waals surface area contributed by atoms with Crippen molar-refractivity contribution in [1.82, 2.24) is 15.3 Å². The van der Waals surface area contributed by atoms with E-state index in [0.717, 1.165) is 30.9 Å². The fourth-order valence-corrected chi connectivity index (χ4v) is 2.44. The summed E-state index contributed by atoms with van der Waals surface area (Å²) in [4.78, 5) is 10.1. The maximum Gasteiger partial charge on any atom is 0.0925 e. The minimum absolute atomic E-state index is 0.807. The van der Waals surface area contributed by atoms with Crippen LogP contribution < -0.4 is 5.32 Å². The quantitative estimate of drug-likeness (QED) is 0.882. The van der Waals surface area contributed by atoms with E-state index in [-0.39, 0.29) is 0 Å². The van der Waals surface area contributed by atoms with Crippen molar-refractivity contribution in [2.24, 2.45) is 0 Å². The van der Waals surface area contributed by atoms with Gasteiger partial charge in [0.05, 0.1) is 10.7 Å². The molecule has 0 unspecified atom stereocenters. The predicted octanol–water partition coefficient (Wildman–Crippen LogP) is 2.70. The van der Waals surface area contributed by atoms with E-state index in [9.17, 15) is 0 Å². The second-order valence-electron chi connectivity index (χ2n) is 3.95. The summed E-state index contributed by atoms with van der Waals surface area (Å²) in [6.45, 7) is 5.82. The minimum atomic E-state index is 0.807. The number of hydrogen-bond donors (Lipinski definition) is 1. The Kier molecular flexibility index (Phi) is 4.23. The van der Waals surface area contributed by atoms with Crippen LogP contribution in [0, 0.1) is 6.92 Å². The highest BCUT2D eigenvalue weighted by Gasteiger charge is 2.00. The molecule has 0 fully saturated rings. The molecular weight excluding hydrogens is 230 g/mol. The van der Waals surface area contributed by atoms with Gasteiger partial charge in [0, 0.05) is 29.9 Å². The third-order valence-corrected chi connectivity index (χ3v) is 3.60. The number of thiazole rings is 1. The molecule has 1 N–H and O–H groups in total. The molecule has 0 aromatic carbocycles. The first-order valence-electron chi connectivity index (χ1n) is 5.84. The molecule has 0 aliphatic heterocycles. The van der Waals surface area contributed by atoms with Crippen molar-refractivity contribution in [3.05, 3.63) is 45.7 Å². The molecule has 0 saturated heterocycles. The van der Waals surface area contributed by atoms with Crippen LogP contribution in [0.4, 0.5) is 0 Å². The Bertz CT molecular complexity index is 479. The highest BCUT2D eigenvalue weighted by molar-refractivity contribution is 7.11. The van der Waals surface area contributed by atoms with Crippen LogP contribution in [-0.4, -0.2) is 9.97 Å².